The summed E-state index contributed by atoms with van der Waals surface area (Å²) in [6.45, 7) is 5.25. The van der Waals surface area contributed by atoms with Crippen molar-refractivity contribution < 1.29 is 13.9 Å². The van der Waals surface area contributed by atoms with Crippen LogP contribution < -0.4 is 10.5 Å². The number of piperidine rings is 1. The van der Waals surface area contributed by atoms with Crippen LogP contribution in [0.3, 0.4) is 0 Å². The third kappa shape index (κ3) is 4.17. The van der Waals surface area contributed by atoms with Crippen molar-refractivity contribution >= 4 is 5.91 Å². The summed E-state index contributed by atoms with van der Waals surface area (Å²) in [5.74, 6) is 0.219. The van der Waals surface area contributed by atoms with Gasteiger partial charge in [-0.3, -0.25) is 4.79 Å². The van der Waals surface area contributed by atoms with E-state index in [1.54, 1.807) is 12.1 Å². The van der Waals surface area contributed by atoms with Crippen molar-refractivity contribution in [1.29, 1.82) is 0 Å². The highest BCUT2D eigenvalue weighted by atomic mass is 19.1. The molecule has 0 aromatic heterocycles. The molecular formula is C16H23FN2O2. The maximum absolute atomic E-state index is 12.9. The Morgan fingerprint density at radius 3 is 2.38 bits per heavy atom. The van der Waals surface area contributed by atoms with Crippen LogP contribution in [0.1, 0.15) is 26.7 Å². The molecule has 1 unspecified atom stereocenters. The number of carbonyl (C=O) groups excluding carboxylic acids is 1. The Hall–Kier alpha value is -1.62. The molecule has 21 heavy (non-hydrogen) atoms. The van der Waals surface area contributed by atoms with E-state index in [2.05, 4.69) is 0 Å². The average Bonchev–Trinajstić information content (AvgIpc) is 2.46. The number of carbonyl (C=O) groups is 1. The quantitative estimate of drug-likeness (QED) is 0.926. The molecular weight excluding hydrogens is 271 g/mol. The van der Waals surface area contributed by atoms with E-state index in [1.165, 1.54) is 12.1 Å². The zero-order valence-corrected chi connectivity index (χ0v) is 12.6. The van der Waals surface area contributed by atoms with E-state index in [4.69, 9.17) is 10.5 Å². The predicted molar refractivity (Wildman–Crippen MR) is 79.4 cm³/mol. The smallest absolute Gasteiger partial charge is 0.263 e. The molecule has 0 radical (unpaired) electrons. The second-order valence-corrected chi connectivity index (χ2v) is 5.90. The van der Waals surface area contributed by atoms with Crippen molar-refractivity contribution in [3.8, 4) is 5.75 Å². The SMILES string of the molecule is CC(C)C(Oc1ccc(F)cc1)C(=O)N1CCC(N)CC1. The molecule has 1 heterocycles. The molecule has 1 amide bonds. The van der Waals surface area contributed by atoms with E-state index < -0.39 is 6.10 Å². The van der Waals surface area contributed by atoms with Crippen LogP contribution in [0.15, 0.2) is 24.3 Å². The Morgan fingerprint density at radius 1 is 1.29 bits per heavy atom. The van der Waals surface area contributed by atoms with Gasteiger partial charge in [0.15, 0.2) is 6.10 Å². The molecule has 2 rings (SSSR count). The van der Waals surface area contributed by atoms with Crippen molar-refractivity contribution in [2.24, 2.45) is 11.7 Å². The number of hydrogen-bond acceptors (Lipinski definition) is 3. The molecule has 116 valence electrons. The van der Waals surface area contributed by atoms with Crippen LogP contribution in [0, 0.1) is 11.7 Å². The van der Waals surface area contributed by atoms with E-state index in [1.807, 2.05) is 18.7 Å². The van der Waals surface area contributed by atoms with Crippen LogP contribution in [-0.2, 0) is 4.79 Å². The van der Waals surface area contributed by atoms with Gasteiger partial charge < -0.3 is 15.4 Å². The summed E-state index contributed by atoms with van der Waals surface area (Å²) in [5.41, 5.74) is 5.87. The van der Waals surface area contributed by atoms with E-state index >= 15 is 0 Å². The lowest BCUT2D eigenvalue weighted by Crippen LogP contribution is -2.49. The summed E-state index contributed by atoms with van der Waals surface area (Å²) in [6.07, 6.45) is 1.10. The monoisotopic (exact) mass is 294 g/mol. The molecule has 1 aromatic carbocycles. The molecule has 0 aliphatic carbocycles. The van der Waals surface area contributed by atoms with E-state index in [0.717, 1.165) is 12.8 Å². The lowest BCUT2D eigenvalue weighted by atomic mass is 10.0. The van der Waals surface area contributed by atoms with Crippen molar-refractivity contribution in [1.82, 2.24) is 4.90 Å². The molecule has 1 fully saturated rings. The molecule has 1 aliphatic heterocycles. The first-order valence-corrected chi connectivity index (χ1v) is 7.44. The lowest BCUT2D eigenvalue weighted by Gasteiger charge is -2.34. The molecule has 1 saturated heterocycles. The standard InChI is InChI=1S/C16H23FN2O2/c1-11(2)15(21-14-5-3-12(17)4-6-14)16(20)19-9-7-13(18)8-10-19/h3-6,11,13,15H,7-10,18H2,1-2H3. The summed E-state index contributed by atoms with van der Waals surface area (Å²) < 4.78 is 18.7. The van der Waals surface area contributed by atoms with Gasteiger partial charge >= 0.3 is 0 Å². The van der Waals surface area contributed by atoms with Gasteiger partial charge in [0.1, 0.15) is 11.6 Å². The number of likely N-dealkylation sites (tertiary alicyclic amines) is 1. The zero-order chi connectivity index (χ0) is 15.4. The third-order valence-electron chi connectivity index (χ3n) is 3.78. The Kier molecular flexibility index (Phi) is 5.17. The molecule has 1 aliphatic rings. The molecule has 1 aromatic rings. The summed E-state index contributed by atoms with van der Waals surface area (Å²) >= 11 is 0. The first kappa shape index (κ1) is 15.8. The Labute approximate surface area is 125 Å². The first-order chi connectivity index (χ1) is 9.97. The molecule has 1 atom stereocenters. The molecule has 0 saturated carbocycles. The van der Waals surface area contributed by atoms with Crippen molar-refractivity contribution in [3.05, 3.63) is 30.1 Å². The number of ether oxygens (including phenoxy) is 1. The van der Waals surface area contributed by atoms with Gasteiger partial charge in [0.2, 0.25) is 0 Å². The van der Waals surface area contributed by atoms with Gasteiger partial charge in [0, 0.05) is 19.1 Å². The van der Waals surface area contributed by atoms with Gasteiger partial charge in [-0.1, -0.05) is 13.8 Å². The number of benzene rings is 1. The van der Waals surface area contributed by atoms with Gasteiger partial charge in [0.05, 0.1) is 0 Å². The minimum atomic E-state index is -0.551. The topological polar surface area (TPSA) is 55.6 Å². The fourth-order valence-corrected chi connectivity index (χ4v) is 2.43. The summed E-state index contributed by atoms with van der Waals surface area (Å²) in [7, 11) is 0. The number of halogens is 1. The largest absolute Gasteiger partial charge is 0.480 e. The Bertz CT molecular complexity index is 468. The second-order valence-electron chi connectivity index (χ2n) is 5.90. The van der Waals surface area contributed by atoms with E-state index in [9.17, 15) is 9.18 Å². The van der Waals surface area contributed by atoms with Crippen LogP contribution in [0.25, 0.3) is 0 Å². The third-order valence-corrected chi connectivity index (χ3v) is 3.78. The van der Waals surface area contributed by atoms with E-state index in [-0.39, 0.29) is 23.7 Å². The van der Waals surface area contributed by atoms with Gasteiger partial charge in [0.25, 0.3) is 5.91 Å². The van der Waals surface area contributed by atoms with Crippen molar-refractivity contribution in [3.63, 3.8) is 0 Å². The molecule has 4 nitrogen and oxygen atoms in total. The van der Waals surface area contributed by atoms with Crippen molar-refractivity contribution in [2.75, 3.05) is 13.1 Å². The first-order valence-electron chi connectivity index (χ1n) is 7.44. The van der Waals surface area contributed by atoms with Crippen molar-refractivity contribution in [2.45, 2.75) is 38.8 Å². The van der Waals surface area contributed by atoms with Gasteiger partial charge in [-0.25, -0.2) is 4.39 Å². The van der Waals surface area contributed by atoms with Crippen LogP contribution in [0.4, 0.5) is 4.39 Å². The normalized spacial score (nSPS) is 17.9. The Morgan fingerprint density at radius 2 is 1.86 bits per heavy atom. The number of nitrogens with zero attached hydrogens (tertiary/aromatic N) is 1. The number of amides is 1. The summed E-state index contributed by atoms with van der Waals surface area (Å²) in [6, 6.07) is 5.94. The number of rotatable bonds is 4. The molecule has 2 N–H and O–H groups in total. The van der Waals surface area contributed by atoms with Crippen LogP contribution in [0.5, 0.6) is 5.75 Å². The molecule has 5 heteroatoms. The highest BCUT2D eigenvalue weighted by Crippen LogP contribution is 2.20. The average molecular weight is 294 g/mol. The predicted octanol–water partition coefficient (Wildman–Crippen LogP) is 2.18. The van der Waals surface area contributed by atoms with Crippen LogP contribution >= 0.6 is 0 Å². The fraction of sp³-hybridized carbons (Fsp3) is 0.562. The number of nitrogens with two attached hydrogens (primary N) is 1. The highest BCUT2D eigenvalue weighted by molar-refractivity contribution is 5.81. The molecule has 0 spiro atoms. The lowest BCUT2D eigenvalue weighted by molar-refractivity contribution is -0.141. The maximum atomic E-state index is 12.9. The van der Waals surface area contributed by atoms with E-state index in [0.29, 0.717) is 18.8 Å². The second kappa shape index (κ2) is 6.89. The van der Waals surface area contributed by atoms with Gasteiger partial charge in [-0.15, -0.1) is 0 Å². The number of hydrogen-bond donors (Lipinski definition) is 1. The minimum absolute atomic E-state index is 0.0128. The fourth-order valence-electron chi connectivity index (χ4n) is 2.43. The van der Waals surface area contributed by atoms with Crippen LogP contribution in [-0.4, -0.2) is 36.0 Å². The Balaban J connectivity index is 2.04. The highest BCUT2D eigenvalue weighted by Gasteiger charge is 2.31. The van der Waals surface area contributed by atoms with Crippen LogP contribution in [0.2, 0.25) is 0 Å². The maximum Gasteiger partial charge on any atom is 0.263 e. The molecule has 0 bridgehead atoms. The van der Waals surface area contributed by atoms with Gasteiger partial charge in [-0.05, 0) is 43.0 Å². The van der Waals surface area contributed by atoms with Gasteiger partial charge in [-0.2, -0.15) is 0 Å². The zero-order valence-electron chi connectivity index (χ0n) is 12.6. The summed E-state index contributed by atoms with van der Waals surface area (Å²) in [4.78, 5) is 14.4. The summed E-state index contributed by atoms with van der Waals surface area (Å²) in [5, 5.41) is 0. The minimum Gasteiger partial charge on any atom is -0.480 e.